The zero-order chi connectivity index (χ0) is 38.0. The highest BCUT2D eigenvalue weighted by molar-refractivity contribution is 6.10. The number of carbonyl (C=O) groups excluding carboxylic acids is 2. The van der Waals surface area contributed by atoms with Crippen molar-refractivity contribution in [3.63, 3.8) is 0 Å². The van der Waals surface area contributed by atoms with Crippen LogP contribution in [0.15, 0.2) is 58.8 Å². The molecule has 1 amide bonds. The molecule has 0 aliphatic rings. The van der Waals surface area contributed by atoms with E-state index in [-0.39, 0.29) is 6.61 Å². The minimum absolute atomic E-state index is 0.0161. The lowest BCUT2D eigenvalue weighted by Crippen LogP contribution is -2.31. The molecule has 0 bridgehead atoms. The van der Waals surface area contributed by atoms with Crippen LogP contribution in [0.5, 0.6) is 5.75 Å². The van der Waals surface area contributed by atoms with E-state index >= 15 is 0 Å². The number of nitrogens with one attached hydrogen (secondary N) is 1. The number of carbonyl (C=O) groups is 2. The summed E-state index contributed by atoms with van der Waals surface area (Å²) in [4.78, 5) is 24.6. The first-order valence-corrected chi connectivity index (χ1v) is 17.8. The molecule has 298 valence electrons. The zero-order valence-corrected chi connectivity index (χ0v) is 31.1. The number of amides is 1. The summed E-state index contributed by atoms with van der Waals surface area (Å²) in [6.07, 6.45) is 0. The second-order valence-electron chi connectivity index (χ2n) is 11.2. The Morgan fingerprint density at radius 1 is 0.566 bits per heavy atom. The standard InChI is InChI=1S/C37H57N3O13/c1-31-3-5-33(6-4-31)38-37(43)36(32(2)42)40-39-34-7-9-35(10-8-34)53-30-29-52-28-27-51-26-25-50-24-23-49-22-21-48-20-19-47-18-17-46-16-15-45-14-13-44-12-11-41/h3-10,36,41H,11-30H2,1-2H3,(H,38,43). The summed E-state index contributed by atoms with van der Waals surface area (Å²) in [6.45, 7) is 11.9. The molecule has 16 heteroatoms. The molecule has 1 atom stereocenters. The van der Waals surface area contributed by atoms with E-state index in [9.17, 15) is 9.59 Å². The van der Waals surface area contributed by atoms with Crippen molar-refractivity contribution in [2.75, 3.05) is 137 Å². The van der Waals surface area contributed by atoms with Crippen LogP contribution in [-0.2, 0) is 52.2 Å². The first-order chi connectivity index (χ1) is 26.0. The van der Waals surface area contributed by atoms with Crippen molar-refractivity contribution in [3.8, 4) is 5.75 Å². The molecule has 2 N–H and O–H groups in total. The molecule has 0 aliphatic heterocycles. The number of nitrogens with zero attached hydrogens (tertiary/aromatic N) is 2. The van der Waals surface area contributed by atoms with Gasteiger partial charge in [0.25, 0.3) is 5.91 Å². The number of rotatable bonds is 35. The van der Waals surface area contributed by atoms with Gasteiger partial charge in [0.05, 0.1) is 131 Å². The highest BCUT2D eigenvalue weighted by Crippen LogP contribution is 2.19. The molecule has 53 heavy (non-hydrogen) atoms. The quantitative estimate of drug-likeness (QED) is 0.0596. The van der Waals surface area contributed by atoms with Gasteiger partial charge in [0.1, 0.15) is 12.4 Å². The lowest BCUT2D eigenvalue weighted by atomic mass is 10.2. The summed E-state index contributed by atoms with van der Waals surface area (Å²) in [5, 5.41) is 19.3. The van der Waals surface area contributed by atoms with Crippen LogP contribution < -0.4 is 10.1 Å². The Hall–Kier alpha value is -3.42. The van der Waals surface area contributed by atoms with Crippen LogP contribution in [0.2, 0.25) is 0 Å². The van der Waals surface area contributed by atoms with Gasteiger partial charge in [-0.25, -0.2) is 0 Å². The van der Waals surface area contributed by atoms with Crippen LogP contribution >= 0.6 is 0 Å². The number of aryl methyl sites for hydroxylation is 1. The molecule has 0 radical (unpaired) electrons. The predicted molar refractivity (Wildman–Crippen MR) is 195 cm³/mol. The van der Waals surface area contributed by atoms with Crippen LogP contribution in [0.4, 0.5) is 11.4 Å². The maximum atomic E-state index is 12.6. The van der Waals surface area contributed by atoms with Crippen molar-refractivity contribution in [3.05, 3.63) is 54.1 Å². The highest BCUT2D eigenvalue weighted by atomic mass is 16.6. The summed E-state index contributed by atoms with van der Waals surface area (Å²) in [6, 6.07) is 12.8. The molecule has 0 aromatic heterocycles. The minimum atomic E-state index is -1.25. The third-order valence-electron chi connectivity index (χ3n) is 6.79. The smallest absolute Gasteiger partial charge is 0.258 e. The van der Waals surface area contributed by atoms with Gasteiger partial charge in [-0.2, -0.15) is 10.2 Å². The molecular weight excluding hydrogens is 694 g/mol. The van der Waals surface area contributed by atoms with Crippen LogP contribution in [0.25, 0.3) is 0 Å². The van der Waals surface area contributed by atoms with Gasteiger partial charge in [0.2, 0.25) is 6.04 Å². The van der Waals surface area contributed by atoms with E-state index in [1.54, 1.807) is 36.4 Å². The van der Waals surface area contributed by atoms with E-state index in [4.69, 9.17) is 52.5 Å². The molecule has 2 aromatic carbocycles. The number of ether oxygens (including phenoxy) is 10. The largest absolute Gasteiger partial charge is 0.491 e. The lowest BCUT2D eigenvalue weighted by molar-refractivity contribution is -0.126. The predicted octanol–water partition coefficient (Wildman–Crippen LogP) is 3.20. The molecule has 0 aliphatic carbocycles. The molecule has 0 heterocycles. The monoisotopic (exact) mass is 751 g/mol. The second kappa shape index (κ2) is 32.0. The number of azo groups is 1. The van der Waals surface area contributed by atoms with E-state index in [2.05, 4.69) is 15.5 Å². The number of Topliss-reactive ketones (excluding diaryl/α,β-unsaturated/α-hetero) is 1. The zero-order valence-electron chi connectivity index (χ0n) is 31.1. The van der Waals surface area contributed by atoms with E-state index < -0.39 is 17.7 Å². The Kier molecular flexibility index (Phi) is 27.7. The number of anilines is 1. The fourth-order valence-electron chi connectivity index (χ4n) is 4.04. The first kappa shape index (κ1) is 45.7. The van der Waals surface area contributed by atoms with E-state index in [1.165, 1.54) is 6.92 Å². The average molecular weight is 752 g/mol. The van der Waals surface area contributed by atoms with Crippen molar-refractivity contribution in [1.29, 1.82) is 0 Å². The van der Waals surface area contributed by atoms with Crippen LogP contribution in [0, 0.1) is 6.92 Å². The van der Waals surface area contributed by atoms with Gasteiger partial charge < -0.3 is 57.8 Å². The summed E-state index contributed by atoms with van der Waals surface area (Å²) in [5.41, 5.74) is 2.12. The van der Waals surface area contributed by atoms with Gasteiger partial charge in [0.15, 0.2) is 5.78 Å². The summed E-state index contributed by atoms with van der Waals surface area (Å²) >= 11 is 0. The molecule has 0 saturated carbocycles. The van der Waals surface area contributed by atoms with E-state index in [0.717, 1.165) is 5.56 Å². The number of benzene rings is 2. The normalized spacial score (nSPS) is 12.0. The summed E-state index contributed by atoms with van der Waals surface area (Å²) in [7, 11) is 0. The van der Waals surface area contributed by atoms with Gasteiger partial charge in [-0.15, -0.1) is 0 Å². The highest BCUT2D eigenvalue weighted by Gasteiger charge is 2.23. The Morgan fingerprint density at radius 2 is 0.943 bits per heavy atom. The lowest BCUT2D eigenvalue weighted by Gasteiger charge is -2.10. The number of aliphatic hydroxyl groups is 1. The first-order valence-electron chi connectivity index (χ1n) is 17.8. The minimum Gasteiger partial charge on any atom is -0.491 e. The number of hydrogen-bond acceptors (Lipinski definition) is 15. The van der Waals surface area contributed by atoms with Gasteiger partial charge in [-0.1, -0.05) is 17.7 Å². The number of ketones is 1. The maximum absolute atomic E-state index is 12.6. The van der Waals surface area contributed by atoms with Crippen molar-refractivity contribution in [2.45, 2.75) is 19.9 Å². The molecular formula is C37H57N3O13. The number of hydrogen-bond donors (Lipinski definition) is 2. The molecule has 1 unspecified atom stereocenters. The molecule has 0 spiro atoms. The van der Waals surface area contributed by atoms with E-state index in [1.807, 2.05) is 19.1 Å². The van der Waals surface area contributed by atoms with Crippen LogP contribution in [-0.4, -0.2) is 155 Å². The topological polar surface area (TPSA) is 183 Å². The maximum Gasteiger partial charge on any atom is 0.258 e. The van der Waals surface area contributed by atoms with Gasteiger partial charge >= 0.3 is 0 Å². The van der Waals surface area contributed by atoms with Crippen LogP contribution in [0.3, 0.4) is 0 Å². The SMILES string of the molecule is CC(=O)C(N=Nc1ccc(OCCOCCOCCOCCOCCOCCOCCOCCOCCOCCO)cc1)C(=O)Nc1ccc(C)cc1. The number of aliphatic hydroxyl groups excluding tert-OH is 1. The molecule has 2 aromatic rings. The summed E-state index contributed by atoms with van der Waals surface area (Å²) < 4.78 is 54.4. The van der Waals surface area contributed by atoms with Gasteiger partial charge in [-0.3, -0.25) is 9.59 Å². The second-order valence-corrected chi connectivity index (χ2v) is 11.2. The fourth-order valence-corrected chi connectivity index (χ4v) is 4.04. The third kappa shape index (κ3) is 25.3. The Balaban J connectivity index is 1.33. The van der Waals surface area contributed by atoms with Crippen molar-refractivity contribution >= 4 is 23.1 Å². The molecule has 2 rings (SSSR count). The van der Waals surface area contributed by atoms with Crippen LogP contribution in [0.1, 0.15) is 12.5 Å². The van der Waals surface area contributed by atoms with E-state index in [0.29, 0.717) is 143 Å². The van der Waals surface area contributed by atoms with Crippen molar-refractivity contribution < 1.29 is 62.1 Å². The fraction of sp³-hybridized carbons (Fsp3) is 0.622. The Bertz CT molecular complexity index is 1220. The molecule has 16 nitrogen and oxygen atoms in total. The van der Waals surface area contributed by atoms with Crippen molar-refractivity contribution in [1.82, 2.24) is 0 Å². The third-order valence-corrected chi connectivity index (χ3v) is 6.79. The Morgan fingerprint density at radius 3 is 1.32 bits per heavy atom. The Labute approximate surface area is 312 Å². The van der Waals surface area contributed by atoms with Gasteiger partial charge in [0, 0.05) is 5.69 Å². The van der Waals surface area contributed by atoms with Crippen molar-refractivity contribution in [2.24, 2.45) is 10.2 Å². The average Bonchev–Trinajstić information content (AvgIpc) is 3.15. The van der Waals surface area contributed by atoms with Gasteiger partial charge in [-0.05, 0) is 50.2 Å². The summed E-state index contributed by atoms with van der Waals surface area (Å²) in [5.74, 6) is -0.328. The molecule has 0 fully saturated rings. The molecule has 0 saturated heterocycles.